The first kappa shape index (κ1) is 116. The highest BCUT2D eigenvalue weighted by Crippen LogP contribution is 2.53. The third kappa shape index (κ3) is 31.3. The van der Waals surface area contributed by atoms with Crippen LogP contribution in [-0.2, 0) is 93.4 Å². The summed E-state index contributed by atoms with van der Waals surface area (Å²) < 4.78 is 202. The molecule has 0 radical (unpaired) electrons. The van der Waals surface area contributed by atoms with Crippen molar-refractivity contribution >= 4 is 54.9 Å². The highest BCUT2D eigenvalue weighted by molar-refractivity contribution is 7.53. The third-order valence-corrected chi connectivity index (χ3v) is 26.3. The van der Waals surface area contributed by atoms with Crippen LogP contribution in [0.3, 0.4) is 0 Å². The van der Waals surface area contributed by atoms with Gasteiger partial charge in [0.2, 0.25) is 0 Å². The number of aromatic amines is 4. The van der Waals surface area contributed by atoms with E-state index in [1.54, 1.807) is 128 Å². The van der Waals surface area contributed by atoms with Gasteiger partial charge < -0.3 is 96.8 Å². The number of rotatable bonds is 40. The summed E-state index contributed by atoms with van der Waals surface area (Å²) in [5.74, 6) is -15.6. The van der Waals surface area contributed by atoms with Gasteiger partial charge in [-0.15, -0.1) is 0 Å². The number of esters is 4. The number of hydrogen-bond acceptors (Lipinski definition) is 40. The van der Waals surface area contributed by atoms with Crippen molar-refractivity contribution in [3.8, 4) is 23.0 Å². The number of ether oxygens (including phenoxy) is 8. The summed E-state index contributed by atoms with van der Waals surface area (Å²) in [6.07, 6.45) is -22.0. The first-order valence-corrected chi connectivity index (χ1v) is 49.6. The third-order valence-electron chi connectivity index (χ3n) is 19.8. The van der Waals surface area contributed by atoms with Crippen molar-refractivity contribution in [2.45, 2.75) is 229 Å². The van der Waals surface area contributed by atoms with E-state index in [0.717, 1.165) is 49.1 Å². The van der Waals surface area contributed by atoms with E-state index < -0.39 is 272 Å². The SMILES string of the molecule is CC(C)OC(=O)[C@@H](C)N[P@@](=O)(OC[C@@]1(F)OC(n2ccc(=O)[nH]c2=O)[C@H](O)[C@@H]1O)Oc1ccccc1.CC(C)OC(=O)[C@@H](C)N[P@](=O)(OC[C@@]1(F)OC(n2ccc(=O)[nH]c2=O)[C@H](O)[C@@H]1O)Oc1ccccc1.CC(C)OC(=O)[C@H](C)N[P@@](=O)(OC[C@@]1(F)OC(n2ccc(=O)[nH]c2=O)[C@H](O)[C@@H]1O)Oc1ccccc1.CC(C)OC(=O)[C@H](C)N[P@](=O)(OC[C@@]1(F)OC(n2ccc(=O)[nH]c2=O)[C@H](O)[C@@H]1O)Oc1ccccc1. The molecule has 4 unspecified atom stereocenters. The Bertz CT molecular complexity index is 5640. The zero-order chi connectivity index (χ0) is 107. The number of alkyl halides is 4. The molecule has 4 aromatic heterocycles. The van der Waals surface area contributed by atoms with Gasteiger partial charge in [-0.25, -0.2) is 55.0 Å². The fourth-order valence-corrected chi connectivity index (χ4v) is 18.9. The average molecular weight is 2130 g/mol. The maximum absolute atomic E-state index is 15.6. The van der Waals surface area contributed by atoms with Gasteiger partial charge in [0.15, 0.2) is 24.9 Å². The lowest BCUT2D eigenvalue weighted by molar-refractivity contribution is -0.204. The van der Waals surface area contributed by atoms with Gasteiger partial charge in [0.05, 0.1) is 24.4 Å². The molecule has 52 nitrogen and oxygen atoms in total. The first-order valence-electron chi connectivity index (χ1n) is 43.4. The topological polar surface area (TPSA) is 714 Å². The first-order chi connectivity index (χ1) is 67.3. The maximum Gasteiger partial charge on any atom is 0.459 e. The smallest absolute Gasteiger partial charge is 0.459 e. The fourth-order valence-electron chi connectivity index (χ4n) is 12.9. The van der Waals surface area contributed by atoms with Gasteiger partial charge >= 0.3 is 77.6 Å². The van der Waals surface area contributed by atoms with Crippen LogP contribution in [0.25, 0.3) is 0 Å². The van der Waals surface area contributed by atoms with Crippen LogP contribution in [0.5, 0.6) is 23.0 Å². The molecule has 16 N–H and O–H groups in total. The van der Waals surface area contributed by atoms with Crippen LogP contribution in [0.15, 0.2) is 209 Å². The Morgan fingerprint density at radius 1 is 0.312 bits per heavy atom. The van der Waals surface area contributed by atoms with Crippen LogP contribution in [0.1, 0.15) is 108 Å². The quantitative estimate of drug-likeness (QED) is 0.0113. The van der Waals surface area contributed by atoms with Gasteiger partial charge in [0.1, 0.15) is 122 Å². The van der Waals surface area contributed by atoms with Crippen molar-refractivity contribution in [3.63, 3.8) is 0 Å². The van der Waals surface area contributed by atoms with Crippen LogP contribution in [0, 0.1) is 0 Å². The van der Waals surface area contributed by atoms with Gasteiger partial charge in [0.25, 0.3) is 45.7 Å². The number of benzene rings is 4. The fraction of sp³-hybridized carbons (Fsp3) is 0.476. The Labute approximate surface area is 812 Å². The average Bonchev–Trinajstić information content (AvgIpc) is 1.63. The summed E-state index contributed by atoms with van der Waals surface area (Å²) in [6.45, 7) is 13.2. The predicted octanol–water partition coefficient (Wildman–Crippen LogP) is 2.35. The van der Waals surface area contributed by atoms with Crippen LogP contribution < -0.4 is 83.4 Å². The van der Waals surface area contributed by atoms with Crippen LogP contribution in [0.4, 0.5) is 17.6 Å². The molecule has 8 heterocycles. The molecule has 0 aliphatic carbocycles. The Hall–Kier alpha value is -11.5. The second kappa shape index (κ2) is 49.6. The van der Waals surface area contributed by atoms with Gasteiger partial charge in [-0.1, -0.05) is 72.8 Å². The van der Waals surface area contributed by atoms with Crippen molar-refractivity contribution < 1.29 is 170 Å². The van der Waals surface area contributed by atoms with E-state index in [4.69, 9.17) is 74.1 Å². The van der Waals surface area contributed by atoms with Gasteiger partial charge in [0, 0.05) is 49.1 Å². The minimum atomic E-state index is -4.52. The largest absolute Gasteiger partial charge is 0.462 e. The molecular formula is C84H108F4N12O40P4. The summed E-state index contributed by atoms with van der Waals surface area (Å²) in [5.41, 5.74) is -7.07. The normalized spacial score (nSPS) is 26.4. The van der Waals surface area contributed by atoms with E-state index in [1.165, 1.54) is 76.2 Å². The molecule has 0 spiro atoms. The number of carbonyl (C=O) groups is 4. The molecule has 12 rings (SSSR count). The number of halogens is 4. The van der Waals surface area contributed by atoms with Gasteiger partial charge in [-0.3, -0.25) is 94.7 Å². The summed E-state index contributed by atoms with van der Waals surface area (Å²) >= 11 is 0. The second-order valence-electron chi connectivity index (χ2n) is 33.0. The van der Waals surface area contributed by atoms with Crippen molar-refractivity contribution in [1.82, 2.24) is 58.6 Å². The monoisotopic (exact) mass is 2120 g/mol. The number of aromatic nitrogens is 8. The van der Waals surface area contributed by atoms with Gasteiger partial charge in [-0.05, 0) is 132 Å². The summed E-state index contributed by atoms with van der Waals surface area (Å²) in [5, 5.41) is 91.9. The zero-order valence-electron chi connectivity index (χ0n) is 78.3. The number of carbonyl (C=O) groups excluding carboxylic acids is 4. The number of nitrogens with one attached hydrogen (secondary N) is 8. The lowest BCUT2D eigenvalue weighted by Gasteiger charge is -2.27. The van der Waals surface area contributed by atoms with Crippen LogP contribution >= 0.6 is 31.0 Å². The highest BCUT2D eigenvalue weighted by atomic mass is 31.2. The lowest BCUT2D eigenvalue weighted by Crippen LogP contribution is -2.44. The maximum atomic E-state index is 15.6. The molecule has 792 valence electrons. The van der Waals surface area contributed by atoms with E-state index in [-0.39, 0.29) is 23.0 Å². The minimum absolute atomic E-state index is 0.0521. The van der Waals surface area contributed by atoms with E-state index in [2.05, 4.69) is 20.3 Å². The summed E-state index contributed by atoms with van der Waals surface area (Å²) in [7, 11) is -18.1. The van der Waals surface area contributed by atoms with Crippen molar-refractivity contribution in [1.29, 1.82) is 0 Å². The molecule has 0 bridgehead atoms. The molecule has 4 saturated heterocycles. The molecule has 4 aliphatic heterocycles. The predicted molar refractivity (Wildman–Crippen MR) is 487 cm³/mol. The summed E-state index contributed by atoms with van der Waals surface area (Å²) in [6, 6.07) is 29.5. The van der Waals surface area contributed by atoms with Crippen LogP contribution in [-0.4, -0.2) is 250 Å². The zero-order valence-corrected chi connectivity index (χ0v) is 81.9. The van der Waals surface area contributed by atoms with Crippen molar-refractivity contribution in [2.24, 2.45) is 0 Å². The number of para-hydroxylation sites is 4. The Morgan fingerprint density at radius 3 is 0.632 bits per heavy atom. The second-order valence-corrected chi connectivity index (χ2v) is 39.8. The van der Waals surface area contributed by atoms with E-state index in [1.807, 2.05) is 19.9 Å². The molecule has 4 fully saturated rings. The van der Waals surface area contributed by atoms with Crippen molar-refractivity contribution in [2.75, 3.05) is 26.4 Å². The Kier molecular flexibility index (Phi) is 40.0. The number of aliphatic hydroxyl groups is 8. The molecule has 0 saturated carbocycles. The Morgan fingerprint density at radius 2 is 0.479 bits per heavy atom. The Balaban J connectivity index is 0.000000214. The molecule has 24 atom stereocenters. The number of H-pyrrole nitrogens is 4. The van der Waals surface area contributed by atoms with E-state index in [9.17, 15) is 117 Å². The molecule has 8 aromatic rings. The highest BCUT2D eigenvalue weighted by Gasteiger charge is 2.62. The molecule has 144 heavy (non-hydrogen) atoms. The molecule has 4 aliphatic rings. The van der Waals surface area contributed by atoms with Gasteiger partial charge in [-0.2, -0.15) is 20.3 Å². The lowest BCUT2D eigenvalue weighted by atomic mass is 10.1. The standard InChI is InChI=1S/4C21H27FN3O10P/c4*1-12(2)33-19(29)13(3)24-36(31,35-14-7-5-4-6-8-14)32-11-21(22)17(28)16(27)18(34-21)25-10-9-15(26)23-20(25)30/h4*4-10,12-13,16-18,27-28H,11H2,1-3H3,(H,24,31)(H,23,26,30)/t13-,16+,17-,18?,21+,36+;13-,16+,17-,18?,21+,36-;13-,16-,17+,18?,21-,36+;13-,16-,17+,18?,21-,36-/m0011/s1. The summed E-state index contributed by atoms with van der Waals surface area (Å²) in [4.78, 5) is 150. The van der Waals surface area contributed by atoms with E-state index in [0.29, 0.717) is 18.3 Å². The van der Waals surface area contributed by atoms with E-state index >= 15 is 17.6 Å². The molecule has 60 heteroatoms. The molecular weight excluding hydrogens is 2020 g/mol. The minimum Gasteiger partial charge on any atom is -0.462 e. The van der Waals surface area contributed by atoms with Crippen molar-refractivity contribution in [3.05, 3.63) is 254 Å². The molecule has 4 aromatic carbocycles. The number of hydrogen-bond donors (Lipinski definition) is 16. The molecule has 0 amide bonds. The number of aliphatic hydroxyl groups excluding tert-OH is 8. The van der Waals surface area contributed by atoms with Crippen LogP contribution in [0.2, 0.25) is 0 Å². The number of nitrogens with zero attached hydrogens (tertiary/aromatic N) is 4.